The summed E-state index contributed by atoms with van der Waals surface area (Å²) in [7, 11) is 0. The SMILES string of the molecule is CCCNCC(C)Cc1c(C)nc(C(C)OCC)nc1C. The van der Waals surface area contributed by atoms with Crippen molar-refractivity contribution in [3.05, 3.63) is 22.8 Å². The third-order valence-electron chi connectivity index (χ3n) is 3.69. The van der Waals surface area contributed by atoms with Crippen molar-refractivity contribution in [2.45, 2.75) is 60.5 Å². The van der Waals surface area contributed by atoms with Crippen LogP contribution in [0.4, 0.5) is 0 Å². The second-order valence-electron chi connectivity index (χ2n) is 5.84. The lowest BCUT2D eigenvalue weighted by molar-refractivity contribution is 0.0697. The number of ether oxygens (including phenoxy) is 1. The molecule has 2 atom stereocenters. The predicted molar refractivity (Wildman–Crippen MR) is 87.6 cm³/mol. The number of hydrogen-bond acceptors (Lipinski definition) is 4. The molecular weight excluding hydrogens is 262 g/mol. The summed E-state index contributed by atoms with van der Waals surface area (Å²) < 4.78 is 5.59. The van der Waals surface area contributed by atoms with Gasteiger partial charge in [-0.25, -0.2) is 9.97 Å². The molecule has 0 aliphatic carbocycles. The van der Waals surface area contributed by atoms with Gasteiger partial charge in [0.1, 0.15) is 6.10 Å². The highest BCUT2D eigenvalue weighted by molar-refractivity contribution is 5.25. The minimum absolute atomic E-state index is 0.0369. The minimum Gasteiger partial charge on any atom is -0.371 e. The molecule has 1 N–H and O–H groups in total. The van der Waals surface area contributed by atoms with E-state index in [1.165, 1.54) is 12.0 Å². The standard InChI is InChI=1S/C17H31N3O/c1-7-9-18-11-12(3)10-16-13(4)19-17(20-14(16)5)15(6)21-8-2/h12,15,18H,7-11H2,1-6H3. The molecular formula is C17H31N3O. The Morgan fingerprint density at radius 2 is 1.71 bits per heavy atom. The lowest BCUT2D eigenvalue weighted by Gasteiger charge is -2.18. The van der Waals surface area contributed by atoms with E-state index in [1.54, 1.807) is 0 Å². The van der Waals surface area contributed by atoms with Crippen molar-refractivity contribution in [1.29, 1.82) is 0 Å². The fraction of sp³-hybridized carbons (Fsp3) is 0.765. The maximum Gasteiger partial charge on any atom is 0.157 e. The largest absolute Gasteiger partial charge is 0.371 e. The summed E-state index contributed by atoms with van der Waals surface area (Å²) in [5, 5.41) is 3.48. The number of aryl methyl sites for hydroxylation is 2. The van der Waals surface area contributed by atoms with E-state index in [0.29, 0.717) is 12.5 Å². The Morgan fingerprint density at radius 1 is 1.10 bits per heavy atom. The van der Waals surface area contributed by atoms with E-state index in [-0.39, 0.29) is 6.10 Å². The molecule has 0 aliphatic rings. The van der Waals surface area contributed by atoms with Crippen molar-refractivity contribution in [3.63, 3.8) is 0 Å². The topological polar surface area (TPSA) is 47.0 Å². The van der Waals surface area contributed by atoms with Crippen LogP contribution >= 0.6 is 0 Å². The number of nitrogens with one attached hydrogen (secondary N) is 1. The normalized spacial score (nSPS) is 14.2. The van der Waals surface area contributed by atoms with Gasteiger partial charge in [0.2, 0.25) is 0 Å². The predicted octanol–water partition coefficient (Wildman–Crippen LogP) is 3.37. The summed E-state index contributed by atoms with van der Waals surface area (Å²) >= 11 is 0. The molecule has 2 unspecified atom stereocenters. The maximum atomic E-state index is 5.59. The fourth-order valence-corrected chi connectivity index (χ4v) is 2.51. The van der Waals surface area contributed by atoms with Gasteiger partial charge in [-0.1, -0.05) is 13.8 Å². The Morgan fingerprint density at radius 3 is 2.24 bits per heavy atom. The molecule has 4 nitrogen and oxygen atoms in total. The van der Waals surface area contributed by atoms with Crippen LogP contribution < -0.4 is 5.32 Å². The molecule has 120 valence electrons. The molecule has 1 aromatic rings. The molecule has 0 radical (unpaired) electrons. The minimum atomic E-state index is -0.0369. The van der Waals surface area contributed by atoms with Crippen molar-refractivity contribution in [3.8, 4) is 0 Å². The summed E-state index contributed by atoms with van der Waals surface area (Å²) in [4.78, 5) is 9.29. The molecule has 4 heteroatoms. The van der Waals surface area contributed by atoms with Gasteiger partial charge in [-0.15, -0.1) is 0 Å². The van der Waals surface area contributed by atoms with Crippen LogP contribution in [-0.4, -0.2) is 29.7 Å². The van der Waals surface area contributed by atoms with Crippen molar-refractivity contribution in [2.75, 3.05) is 19.7 Å². The maximum absolute atomic E-state index is 5.59. The fourth-order valence-electron chi connectivity index (χ4n) is 2.51. The van der Waals surface area contributed by atoms with Gasteiger partial charge in [0.15, 0.2) is 5.82 Å². The molecule has 1 heterocycles. The first kappa shape index (κ1) is 18.1. The second-order valence-corrected chi connectivity index (χ2v) is 5.84. The molecule has 0 bridgehead atoms. The van der Waals surface area contributed by atoms with E-state index < -0.39 is 0 Å². The zero-order valence-electron chi connectivity index (χ0n) is 14.5. The summed E-state index contributed by atoms with van der Waals surface area (Å²) in [6, 6.07) is 0. The summed E-state index contributed by atoms with van der Waals surface area (Å²) in [6.45, 7) is 15.5. The lowest BCUT2D eigenvalue weighted by Crippen LogP contribution is -2.24. The van der Waals surface area contributed by atoms with E-state index in [0.717, 1.165) is 36.7 Å². The van der Waals surface area contributed by atoms with E-state index in [1.807, 2.05) is 13.8 Å². The zero-order valence-corrected chi connectivity index (χ0v) is 14.5. The van der Waals surface area contributed by atoms with E-state index in [2.05, 4.69) is 43.0 Å². The molecule has 1 aromatic heterocycles. The van der Waals surface area contributed by atoms with Gasteiger partial charge >= 0.3 is 0 Å². The highest BCUT2D eigenvalue weighted by Gasteiger charge is 2.15. The average molecular weight is 293 g/mol. The van der Waals surface area contributed by atoms with Crippen LogP contribution in [-0.2, 0) is 11.2 Å². The molecule has 1 rings (SSSR count). The Bertz CT molecular complexity index is 411. The smallest absolute Gasteiger partial charge is 0.157 e. The van der Waals surface area contributed by atoms with Crippen molar-refractivity contribution in [1.82, 2.24) is 15.3 Å². The molecule has 0 amide bonds. The summed E-state index contributed by atoms with van der Waals surface area (Å²) in [6.07, 6.45) is 2.17. The summed E-state index contributed by atoms with van der Waals surface area (Å²) in [5.41, 5.74) is 3.46. The Labute approximate surface area is 129 Å². The number of rotatable bonds is 9. The van der Waals surface area contributed by atoms with E-state index in [9.17, 15) is 0 Å². The lowest BCUT2D eigenvalue weighted by atomic mass is 9.98. The summed E-state index contributed by atoms with van der Waals surface area (Å²) in [5.74, 6) is 1.39. The van der Waals surface area contributed by atoms with Crippen LogP contribution in [0.15, 0.2) is 0 Å². The molecule has 0 fully saturated rings. The Kier molecular flexibility index (Phi) is 7.83. The van der Waals surface area contributed by atoms with Crippen molar-refractivity contribution >= 4 is 0 Å². The Hall–Kier alpha value is -1.00. The number of hydrogen-bond donors (Lipinski definition) is 1. The van der Waals surface area contributed by atoms with Crippen LogP contribution in [0.5, 0.6) is 0 Å². The van der Waals surface area contributed by atoms with Crippen LogP contribution in [0, 0.1) is 19.8 Å². The molecule has 0 aromatic carbocycles. The molecule has 0 aliphatic heterocycles. The zero-order chi connectivity index (χ0) is 15.8. The van der Waals surface area contributed by atoms with Crippen LogP contribution in [0.1, 0.15) is 63.0 Å². The third kappa shape index (κ3) is 5.71. The first-order valence-electron chi connectivity index (χ1n) is 8.15. The van der Waals surface area contributed by atoms with E-state index >= 15 is 0 Å². The van der Waals surface area contributed by atoms with Gasteiger partial charge in [-0.05, 0) is 65.1 Å². The highest BCUT2D eigenvalue weighted by atomic mass is 16.5. The van der Waals surface area contributed by atoms with Crippen molar-refractivity contribution < 1.29 is 4.74 Å². The van der Waals surface area contributed by atoms with Crippen LogP contribution in [0.3, 0.4) is 0 Å². The monoisotopic (exact) mass is 293 g/mol. The second kappa shape index (κ2) is 9.11. The quantitative estimate of drug-likeness (QED) is 0.709. The Balaban J connectivity index is 2.75. The van der Waals surface area contributed by atoms with Crippen LogP contribution in [0.25, 0.3) is 0 Å². The first-order valence-corrected chi connectivity index (χ1v) is 8.15. The number of aromatic nitrogens is 2. The van der Waals surface area contributed by atoms with Crippen LogP contribution in [0.2, 0.25) is 0 Å². The molecule has 21 heavy (non-hydrogen) atoms. The van der Waals surface area contributed by atoms with Crippen molar-refractivity contribution in [2.24, 2.45) is 5.92 Å². The van der Waals surface area contributed by atoms with Gasteiger partial charge in [-0.3, -0.25) is 0 Å². The first-order chi connectivity index (χ1) is 9.99. The third-order valence-corrected chi connectivity index (χ3v) is 3.69. The highest BCUT2D eigenvalue weighted by Crippen LogP contribution is 2.19. The molecule has 0 spiro atoms. The van der Waals surface area contributed by atoms with Gasteiger partial charge in [0, 0.05) is 18.0 Å². The van der Waals surface area contributed by atoms with Gasteiger partial charge in [0.05, 0.1) is 0 Å². The van der Waals surface area contributed by atoms with Gasteiger partial charge in [-0.2, -0.15) is 0 Å². The van der Waals surface area contributed by atoms with Gasteiger partial charge < -0.3 is 10.1 Å². The molecule has 0 saturated heterocycles. The van der Waals surface area contributed by atoms with E-state index in [4.69, 9.17) is 4.74 Å². The average Bonchev–Trinajstić information content (AvgIpc) is 2.43. The van der Waals surface area contributed by atoms with Gasteiger partial charge in [0.25, 0.3) is 0 Å². The molecule has 0 saturated carbocycles. The number of nitrogens with zero attached hydrogens (tertiary/aromatic N) is 2.